The van der Waals surface area contributed by atoms with Gasteiger partial charge in [-0.05, 0) is 25.3 Å². The molecule has 0 saturated carbocycles. The lowest BCUT2D eigenvalue weighted by molar-refractivity contribution is 0.526. The maximum absolute atomic E-state index is 3.79. The summed E-state index contributed by atoms with van der Waals surface area (Å²) in [7, 11) is 0. The average Bonchev–Trinajstić information content (AvgIpc) is 2.37. The van der Waals surface area contributed by atoms with Crippen LogP contribution < -0.4 is 0 Å². The molecule has 0 heterocycles. The molecule has 0 aromatic rings. The van der Waals surface area contributed by atoms with Gasteiger partial charge in [-0.15, -0.1) is 6.58 Å². The fourth-order valence-electron chi connectivity index (χ4n) is 1.92. The van der Waals surface area contributed by atoms with Crippen molar-refractivity contribution in [1.82, 2.24) is 0 Å². The second kappa shape index (κ2) is 4.65. The summed E-state index contributed by atoms with van der Waals surface area (Å²) in [5.74, 6) is 0. The summed E-state index contributed by atoms with van der Waals surface area (Å²) in [6.07, 6.45) is 6.66. The van der Waals surface area contributed by atoms with Crippen LogP contribution in [0.2, 0.25) is 0 Å². The van der Waals surface area contributed by atoms with Crippen LogP contribution in [0.15, 0.2) is 35.5 Å². The molecule has 1 aliphatic rings. The molecule has 1 heteroatoms. The Bertz CT molecular complexity index is 292. The van der Waals surface area contributed by atoms with Crippen molar-refractivity contribution in [2.24, 2.45) is 5.41 Å². The molecule has 0 aliphatic heterocycles. The third-order valence-electron chi connectivity index (χ3n) is 3.33. The van der Waals surface area contributed by atoms with Gasteiger partial charge in [-0.25, -0.2) is 0 Å². The topological polar surface area (TPSA) is 0 Å². The minimum absolute atomic E-state index is 0.281. The molecular formula is C13H19I. The zero-order valence-corrected chi connectivity index (χ0v) is 11.5. The highest BCUT2D eigenvalue weighted by atomic mass is 127. The molecule has 1 rings (SSSR count). The Balaban J connectivity index is 2.86. The molecule has 78 valence electrons. The van der Waals surface area contributed by atoms with Gasteiger partial charge >= 0.3 is 0 Å². The largest absolute Gasteiger partial charge is 0.103 e. The molecule has 0 aromatic heterocycles. The summed E-state index contributed by atoms with van der Waals surface area (Å²) < 4.78 is 1.13. The van der Waals surface area contributed by atoms with Crippen molar-refractivity contribution >= 4 is 22.6 Å². The summed E-state index contributed by atoms with van der Waals surface area (Å²) >= 11 is 2.45. The van der Waals surface area contributed by atoms with Gasteiger partial charge in [-0.3, -0.25) is 0 Å². The van der Waals surface area contributed by atoms with Gasteiger partial charge in [-0.2, -0.15) is 0 Å². The van der Waals surface area contributed by atoms with E-state index in [4.69, 9.17) is 0 Å². The molecule has 0 radical (unpaired) electrons. The van der Waals surface area contributed by atoms with E-state index in [0.717, 1.165) is 17.3 Å². The standard InChI is InChI=1S/C13H19I/c1-5-6-7-12-8-11(9-14)10(2)13(12,3)4/h5,8H,1,6-7,9H2,2-4H3. The van der Waals surface area contributed by atoms with E-state index in [1.165, 1.54) is 5.57 Å². The second-order valence-electron chi connectivity index (χ2n) is 4.41. The van der Waals surface area contributed by atoms with Gasteiger partial charge in [0, 0.05) is 9.84 Å². The second-order valence-corrected chi connectivity index (χ2v) is 5.17. The van der Waals surface area contributed by atoms with E-state index < -0.39 is 0 Å². The zero-order valence-electron chi connectivity index (χ0n) is 9.36. The predicted octanol–water partition coefficient (Wildman–Crippen LogP) is 4.67. The highest BCUT2D eigenvalue weighted by molar-refractivity contribution is 14.1. The number of alkyl halides is 1. The molecule has 0 unspecified atom stereocenters. The lowest BCUT2D eigenvalue weighted by Crippen LogP contribution is -2.13. The van der Waals surface area contributed by atoms with Crippen LogP contribution in [0.5, 0.6) is 0 Å². The first-order chi connectivity index (χ1) is 6.54. The van der Waals surface area contributed by atoms with E-state index in [9.17, 15) is 0 Å². The van der Waals surface area contributed by atoms with E-state index in [0.29, 0.717) is 0 Å². The first kappa shape index (κ1) is 12.0. The van der Waals surface area contributed by atoms with Crippen LogP contribution in [-0.2, 0) is 0 Å². The molecule has 0 atom stereocenters. The number of allylic oxidation sites excluding steroid dienone is 5. The van der Waals surface area contributed by atoms with Crippen LogP contribution in [-0.4, -0.2) is 4.43 Å². The normalized spacial score (nSPS) is 19.9. The monoisotopic (exact) mass is 302 g/mol. The predicted molar refractivity (Wildman–Crippen MR) is 72.9 cm³/mol. The van der Waals surface area contributed by atoms with Crippen molar-refractivity contribution in [3.8, 4) is 0 Å². The Morgan fingerprint density at radius 1 is 1.50 bits per heavy atom. The van der Waals surface area contributed by atoms with Crippen molar-refractivity contribution in [3.63, 3.8) is 0 Å². The molecule has 0 nitrogen and oxygen atoms in total. The minimum Gasteiger partial charge on any atom is -0.103 e. The van der Waals surface area contributed by atoms with Crippen LogP contribution in [0.25, 0.3) is 0 Å². The molecule has 0 aromatic carbocycles. The van der Waals surface area contributed by atoms with E-state index in [-0.39, 0.29) is 5.41 Å². The fraction of sp³-hybridized carbons (Fsp3) is 0.538. The van der Waals surface area contributed by atoms with E-state index >= 15 is 0 Å². The van der Waals surface area contributed by atoms with Crippen molar-refractivity contribution in [2.75, 3.05) is 4.43 Å². The zero-order chi connectivity index (χ0) is 10.8. The van der Waals surface area contributed by atoms with Gasteiger partial charge in [0.05, 0.1) is 0 Å². The summed E-state index contributed by atoms with van der Waals surface area (Å²) in [5, 5.41) is 0. The fourth-order valence-corrected chi connectivity index (χ4v) is 2.71. The Kier molecular flexibility index (Phi) is 3.99. The number of hydrogen-bond donors (Lipinski definition) is 0. The summed E-state index contributed by atoms with van der Waals surface area (Å²) in [5.41, 5.74) is 4.92. The number of hydrogen-bond acceptors (Lipinski definition) is 0. The van der Waals surface area contributed by atoms with E-state index in [2.05, 4.69) is 56.0 Å². The average molecular weight is 302 g/mol. The smallest absolute Gasteiger partial charge is 0.0246 e. The van der Waals surface area contributed by atoms with Gasteiger partial charge < -0.3 is 0 Å². The van der Waals surface area contributed by atoms with Crippen molar-refractivity contribution in [1.29, 1.82) is 0 Å². The lowest BCUT2D eigenvalue weighted by atomic mass is 9.79. The van der Waals surface area contributed by atoms with Crippen LogP contribution >= 0.6 is 22.6 Å². The Morgan fingerprint density at radius 3 is 2.57 bits per heavy atom. The first-order valence-corrected chi connectivity index (χ1v) is 6.64. The SMILES string of the molecule is C=CCCC1=CC(CI)=C(C)C1(C)C. The Morgan fingerprint density at radius 2 is 2.14 bits per heavy atom. The van der Waals surface area contributed by atoms with Gasteiger partial charge in [0.2, 0.25) is 0 Å². The highest BCUT2D eigenvalue weighted by Gasteiger charge is 2.30. The quantitative estimate of drug-likeness (QED) is 0.402. The van der Waals surface area contributed by atoms with E-state index in [1.54, 1.807) is 11.1 Å². The maximum Gasteiger partial charge on any atom is 0.0246 e. The first-order valence-electron chi connectivity index (χ1n) is 5.12. The van der Waals surface area contributed by atoms with Gasteiger partial charge in [0.15, 0.2) is 0 Å². The molecule has 0 spiro atoms. The van der Waals surface area contributed by atoms with Crippen LogP contribution in [0.3, 0.4) is 0 Å². The van der Waals surface area contributed by atoms with Crippen LogP contribution in [0.1, 0.15) is 33.6 Å². The third-order valence-corrected chi connectivity index (χ3v) is 4.15. The molecule has 0 fully saturated rings. The summed E-state index contributed by atoms with van der Waals surface area (Å²) in [6.45, 7) is 10.7. The molecule has 0 saturated heterocycles. The summed E-state index contributed by atoms with van der Waals surface area (Å²) in [6, 6.07) is 0. The van der Waals surface area contributed by atoms with Gasteiger partial charge in [0.25, 0.3) is 0 Å². The Labute approximate surface area is 101 Å². The molecular weight excluding hydrogens is 283 g/mol. The van der Waals surface area contributed by atoms with Crippen LogP contribution in [0, 0.1) is 5.41 Å². The maximum atomic E-state index is 3.79. The van der Waals surface area contributed by atoms with Gasteiger partial charge in [-0.1, -0.05) is 59.7 Å². The molecule has 0 amide bonds. The lowest BCUT2D eigenvalue weighted by Gasteiger charge is -2.25. The number of halogens is 1. The van der Waals surface area contributed by atoms with Gasteiger partial charge in [0.1, 0.15) is 0 Å². The van der Waals surface area contributed by atoms with Crippen molar-refractivity contribution in [2.45, 2.75) is 33.6 Å². The summed E-state index contributed by atoms with van der Waals surface area (Å²) in [4.78, 5) is 0. The molecule has 1 aliphatic carbocycles. The van der Waals surface area contributed by atoms with Crippen molar-refractivity contribution < 1.29 is 0 Å². The Hall–Kier alpha value is -0.0500. The molecule has 0 bridgehead atoms. The van der Waals surface area contributed by atoms with Crippen molar-refractivity contribution in [3.05, 3.63) is 35.5 Å². The minimum atomic E-state index is 0.281. The highest BCUT2D eigenvalue weighted by Crippen LogP contribution is 2.44. The third kappa shape index (κ3) is 2.13. The molecule has 0 N–H and O–H groups in total. The molecule has 14 heavy (non-hydrogen) atoms. The van der Waals surface area contributed by atoms with Crippen LogP contribution in [0.4, 0.5) is 0 Å². The van der Waals surface area contributed by atoms with E-state index in [1.807, 2.05) is 6.08 Å². The number of rotatable bonds is 4.